The quantitative estimate of drug-likeness (QED) is 0.795. The molecule has 0 heterocycles. The van der Waals surface area contributed by atoms with E-state index in [0.717, 1.165) is 22.7 Å². The summed E-state index contributed by atoms with van der Waals surface area (Å²) in [6, 6.07) is 7.63. The zero-order valence-electron chi connectivity index (χ0n) is 12.2. The van der Waals surface area contributed by atoms with Gasteiger partial charge in [0.1, 0.15) is 0 Å². The maximum atomic E-state index is 12.3. The number of aryl methyl sites for hydroxylation is 1. The molecule has 1 aromatic carbocycles. The number of nitrogens with zero attached hydrogens (tertiary/aromatic N) is 1. The molecule has 1 aliphatic carbocycles. The third-order valence-corrected chi connectivity index (χ3v) is 5.28. The normalized spacial score (nSPS) is 17.8. The van der Waals surface area contributed by atoms with Crippen LogP contribution in [0, 0.1) is 0 Å². The number of carbonyl (C=O) groups excluding carboxylic acids is 1. The van der Waals surface area contributed by atoms with Gasteiger partial charge < -0.3 is 4.74 Å². The van der Waals surface area contributed by atoms with Crippen LogP contribution in [-0.4, -0.2) is 39.4 Å². The molecular weight excluding hydrogens is 292 g/mol. The molecule has 0 radical (unpaired) electrons. The number of hydrogen-bond donors (Lipinski definition) is 1. The van der Waals surface area contributed by atoms with Crippen LogP contribution in [0.5, 0.6) is 0 Å². The van der Waals surface area contributed by atoms with E-state index in [4.69, 9.17) is 0 Å². The molecule has 1 aliphatic rings. The van der Waals surface area contributed by atoms with Crippen LogP contribution in [0.4, 0.5) is 0 Å². The lowest BCUT2D eigenvalue weighted by Gasteiger charge is -2.21. The Kier molecular flexibility index (Phi) is 4.97. The number of benzene rings is 1. The van der Waals surface area contributed by atoms with E-state index in [1.807, 2.05) is 24.3 Å². The van der Waals surface area contributed by atoms with E-state index in [1.54, 1.807) is 0 Å². The van der Waals surface area contributed by atoms with Crippen LogP contribution < -0.4 is 4.72 Å². The first-order chi connectivity index (χ1) is 9.94. The summed E-state index contributed by atoms with van der Waals surface area (Å²) in [7, 11) is -0.882. The van der Waals surface area contributed by atoms with Crippen LogP contribution in [0.15, 0.2) is 24.3 Å². The molecule has 1 unspecified atom stereocenters. The standard InChI is InChI=1S/C14H20N2O4S/c1-16(10-9-14(17)20-2)21(18,19)15-13-8-7-11-5-3-4-6-12(11)13/h3-6,13,15H,7-10H2,1-2H3. The van der Waals surface area contributed by atoms with Crippen molar-refractivity contribution in [3.8, 4) is 0 Å². The van der Waals surface area contributed by atoms with Crippen molar-refractivity contribution in [1.29, 1.82) is 0 Å². The van der Waals surface area contributed by atoms with Crippen molar-refractivity contribution < 1.29 is 17.9 Å². The second kappa shape index (κ2) is 6.55. The topological polar surface area (TPSA) is 75.7 Å². The van der Waals surface area contributed by atoms with E-state index in [0.29, 0.717) is 0 Å². The van der Waals surface area contributed by atoms with Gasteiger partial charge >= 0.3 is 5.97 Å². The lowest BCUT2D eigenvalue weighted by molar-refractivity contribution is -0.140. The van der Waals surface area contributed by atoms with Gasteiger partial charge in [-0.25, -0.2) is 0 Å². The minimum atomic E-state index is -3.61. The SMILES string of the molecule is COC(=O)CCN(C)S(=O)(=O)NC1CCc2ccccc21. The van der Waals surface area contributed by atoms with Crippen LogP contribution in [0.2, 0.25) is 0 Å². The van der Waals surface area contributed by atoms with E-state index in [-0.39, 0.29) is 19.0 Å². The molecule has 0 aromatic heterocycles. The van der Waals surface area contributed by atoms with Crippen molar-refractivity contribution in [2.24, 2.45) is 0 Å². The van der Waals surface area contributed by atoms with E-state index in [2.05, 4.69) is 9.46 Å². The molecule has 0 spiro atoms. The van der Waals surface area contributed by atoms with Crippen LogP contribution in [0.3, 0.4) is 0 Å². The summed E-state index contributed by atoms with van der Waals surface area (Å²) in [5.41, 5.74) is 2.21. The molecule has 0 saturated carbocycles. The van der Waals surface area contributed by atoms with Gasteiger partial charge in [0, 0.05) is 19.6 Å². The van der Waals surface area contributed by atoms with Crippen LogP contribution in [-0.2, 0) is 26.2 Å². The van der Waals surface area contributed by atoms with E-state index in [9.17, 15) is 13.2 Å². The second-order valence-electron chi connectivity index (χ2n) is 5.06. The molecule has 0 bridgehead atoms. The van der Waals surface area contributed by atoms with Gasteiger partial charge in [0.15, 0.2) is 0 Å². The number of methoxy groups -OCH3 is 1. The van der Waals surface area contributed by atoms with Crippen LogP contribution in [0.25, 0.3) is 0 Å². The summed E-state index contributed by atoms with van der Waals surface area (Å²) in [4.78, 5) is 11.1. The maximum absolute atomic E-state index is 12.3. The first kappa shape index (κ1) is 15.9. The molecule has 1 aromatic rings. The molecule has 0 fully saturated rings. The Morgan fingerprint density at radius 1 is 1.43 bits per heavy atom. The third kappa shape index (κ3) is 3.81. The number of carbonyl (C=O) groups is 1. The minimum Gasteiger partial charge on any atom is -0.469 e. The fourth-order valence-corrected chi connectivity index (χ4v) is 3.54. The Balaban J connectivity index is 2.00. The number of nitrogens with one attached hydrogen (secondary N) is 1. The smallest absolute Gasteiger partial charge is 0.306 e. The van der Waals surface area contributed by atoms with Gasteiger partial charge in [0.25, 0.3) is 10.2 Å². The summed E-state index contributed by atoms with van der Waals surface area (Å²) >= 11 is 0. The molecule has 0 amide bonds. The molecule has 21 heavy (non-hydrogen) atoms. The van der Waals surface area contributed by atoms with Gasteiger partial charge in [-0.3, -0.25) is 4.79 Å². The van der Waals surface area contributed by atoms with Gasteiger partial charge in [-0.15, -0.1) is 0 Å². The first-order valence-corrected chi connectivity index (χ1v) is 8.26. The lowest BCUT2D eigenvalue weighted by Crippen LogP contribution is -2.40. The third-order valence-electron chi connectivity index (χ3n) is 3.69. The fourth-order valence-electron chi connectivity index (χ4n) is 2.42. The highest BCUT2D eigenvalue weighted by atomic mass is 32.2. The molecule has 1 atom stereocenters. The van der Waals surface area contributed by atoms with Crippen molar-refractivity contribution in [1.82, 2.24) is 9.03 Å². The number of fused-ring (bicyclic) bond motifs is 1. The number of ether oxygens (including phenoxy) is 1. The van der Waals surface area contributed by atoms with Gasteiger partial charge in [-0.2, -0.15) is 17.4 Å². The number of esters is 1. The maximum Gasteiger partial charge on any atom is 0.306 e. The largest absolute Gasteiger partial charge is 0.469 e. The molecular formula is C14H20N2O4S. The molecule has 0 saturated heterocycles. The Labute approximate surface area is 125 Å². The fraction of sp³-hybridized carbons (Fsp3) is 0.500. The lowest BCUT2D eigenvalue weighted by atomic mass is 10.1. The highest BCUT2D eigenvalue weighted by Crippen LogP contribution is 2.31. The summed E-state index contributed by atoms with van der Waals surface area (Å²) in [6.45, 7) is 0.0936. The van der Waals surface area contributed by atoms with Crippen molar-refractivity contribution in [3.63, 3.8) is 0 Å². The Hall–Kier alpha value is -1.44. The molecule has 7 heteroatoms. The monoisotopic (exact) mass is 312 g/mol. The van der Waals surface area contributed by atoms with Gasteiger partial charge in [-0.05, 0) is 24.0 Å². The summed E-state index contributed by atoms with van der Waals surface area (Å²) in [6.07, 6.45) is 1.66. The van der Waals surface area contributed by atoms with Crippen molar-refractivity contribution in [2.75, 3.05) is 20.7 Å². The molecule has 1 N–H and O–H groups in total. The molecule has 2 rings (SSSR count). The average molecular weight is 312 g/mol. The van der Waals surface area contributed by atoms with Crippen molar-refractivity contribution in [2.45, 2.75) is 25.3 Å². The predicted octanol–water partition coefficient (Wildman–Crippen LogP) is 1.00. The highest BCUT2D eigenvalue weighted by molar-refractivity contribution is 7.87. The van der Waals surface area contributed by atoms with Crippen molar-refractivity contribution in [3.05, 3.63) is 35.4 Å². The highest BCUT2D eigenvalue weighted by Gasteiger charge is 2.28. The second-order valence-corrected chi connectivity index (χ2v) is 6.87. The number of hydrogen-bond acceptors (Lipinski definition) is 4. The van der Waals surface area contributed by atoms with Crippen molar-refractivity contribution >= 4 is 16.2 Å². The van der Waals surface area contributed by atoms with E-state index in [1.165, 1.54) is 19.7 Å². The molecule has 0 aliphatic heterocycles. The average Bonchev–Trinajstić information content (AvgIpc) is 2.87. The Morgan fingerprint density at radius 3 is 2.86 bits per heavy atom. The predicted molar refractivity (Wildman–Crippen MR) is 78.8 cm³/mol. The zero-order valence-corrected chi connectivity index (χ0v) is 13.0. The Bertz CT molecular complexity index is 615. The van der Waals surface area contributed by atoms with Gasteiger partial charge in [0.05, 0.1) is 13.5 Å². The molecule has 6 nitrogen and oxygen atoms in total. The first-order valence-electron chi connectivity index (χ1n) is 6.82. The number of rotatable bonds is 6. The van der Waals surface area contributed by atoms with Gasteiger partial charge in [0.2, 0.25) is 0 Å². The van der Waals surface area contributed by atoms with Crippen LogP contribution in [0.1, 0.15) is 30.0 Å². The van der Waals surface area contributed by atoms with Crippen LogP contribution >= 0.6 is 0 Å². The van der Waals surface area contributed by atoms with E-state index >= 15 is 0 Å². The Morgan fingerprint density at radius 2 is 2.14 bits per heavy atom. The summed E-state index contributed by atoms with van der Waals surface area (Å²) in [5.74, 6) is -0.428. The summed E-state index contributed by atoms with van der Waals surface area (Å²) < 4.78 is 32.9. The minimum absolute atomic E-state index is 0.0369. The van der Waals surface area contributed by atoms with Gasteiger partial charge in [-0.1, -0.05) is 24.3 Å². The summed E-state index contributed by atoms with van der Waals surface area (Å²) in [5, 5.41) is 0. The molecule has 116 valence electrons. The van der Waals surface area contributed by atoms with E-state index < -0.39 is 16.2 Å². The zero-order chi connectivity index (χ0) is 15.5.